The van der Waals surface area contributed by atoms with Crippen molar-refractivity contribution in [3.05, 3.63) is 34.2 Å². The molecule has 2 amide bonds. The van der Waals surface area contributed by atoms with Crippen LogP contribution in [0.1, 0.15) is 43.2 Å². The highest BCUT2D eigenvalue weighted by Gasteiger charge is 2.35. The molecule has 0 spiro atoms. The van der Waals surface area contributed by atoms with E-state index in [0.717, 1.165) is 41.9 Å². The van der Waals surface area contributed by atoms with Gasteiger partial charge in [-0.15, -0.1) is 0 Å². The van der Waals surface area contributed by atoms with Gasteiger partial charge in [-0.2, -0.15) is 0 Å². The second-order valence-corrected chi connectivity index (χ2v) is 7.30. The molecule has 7 heteroatoms. The van der Waals surface area contributed by atoms with Crippen LogP contribution in [-0.4, -0.2) is 46.0 Å². The van der Waals surface area contributed by atoms with Gasteiger partial charge in [0.25, 0.3) is 5.91 Å². The smallest absolute Gasteiger partial charge is 0.317 e. The van der Waals surface area contributed by atoms with Gasteiger partial charge < -0.3 is 5.32 Å². The maximum atomic E-state index is 13.0. The number of para-hydroxylation sites is 1. The van der Waals surface area contributed by atoms with Crippen molar-refractivity contribution >= 4 is 22.8 Å². The summed E-state index contributed by atoms with van der Waals surface area (Å²) in [7, 11) is 3.27. The van der Waals surface area contributed by atoms with Crippen molar-refractivity contribution in [3.8, 4) is 0 Å². The van der Waals surface area contributed by atoms with Crippen molar-refractivity contribution in [2.75, 3.05) is 20.1 Å². The number of likely N-dealkylation sites (N-methyl/N-ethyl adjacent to an activating group) is 1. The Morgan fingerprint density at radius 2 is 1.77 bits per heavy atom. The predicted octanol–water partition coefficient (Wildman–Crippen LogP) is 1.13. The first-order valence-corrected chi connectivity index (χ1v) is 9.21. The monoisotopic (exact) mass is 356 g/mol. The van der Waals surface area contributed by atoms with Crippen LogP contribution >= 0.6 is 0 Å². The Bertz CT molecular complexity index is 936. The van der Waals surface area contributed by atoms with Crippen molar-refractivity contribution in [1.29, 1.82) is 0 Å². The minimum Gasteiger partial charge on any atom is -0.317 e. The average Bonchev–Trinajstić information content (AvgIpc) is 2.92. The SMILES string of the molecule is CN1C(=O)CCC(n2c(=O)n(C)c3c(C4CCNCC4)cccc32)C1=O. The molecule has 2 aromatic rings. The zero-order valence-electron chi connectivity index (χ0n) is 15.2. The second-order valence-electron chi connectivity index (χ2n) is 7.30. The van der Waals surface area contributed by atoms with Crippen molar-refractivity contribution in [2.45, 2.75) is 37.6 Å². The van der Waals surface area contributed by atoms with Crippen LogP contribution in [0.2, 0.25) is 0 Å². The molecule has 2 fully saturated rings. The highest BCUT2D eigenvalue weighted by atomic mass is 16.2. The summed E-state index contributed by atoms with van der Waals surface area (Å²) in [5.41, 5.74) is 2.68. The fourth-order valence-electron chi connectivity index (χ4n) is 4.37. The van der Waals surface area contributed by atoms with E-state index in [9.17, 15) is 14.4 Å². The number of nitrogens with zero attached hydrogens (tertiary/aromatic N) is 3. The van der Waals surface area contributed by atoms with Crippen LogP contribution in [0, 0.1) is 0 Å². The zero-order chi connectivity index (χ0) is 18.4. The summed E-state index contributed by atoms with van der Waals surface area (Å²) >= 11 is 0. The Balaban J connectivity index is 1.87. The summed E-state index contributed by atoms with van der Waals surface area (Å²) < 4.78 is 3.25. The van der Waals surface area contributed by atoms with Gasteiger partial charge in [0.1, 0.15) is 6.04 Å². The molecular formula is C19H24N4O3. The van der Waals surface area contributed by atoms with Gasteiger partial charge in [-0.1, -0.05) is 12.1 Å². The van der Waals surface area contributed by atoms with Gasteiger partial charge in [0, 0.05) is 20.5 Å². The third-order valence-corrected chi connectivity index (χ3v) is 5.85. The molecule has 1 N–H and O–H groups in total. The molecule has 2 aliphatic heterocycles. The van der Waals surface area contributed by atoms with E-state index in [2.05, 4.69) is 11.4 Å². The number of piperidine rings is 2. The molecule has 0 radical (unpaired) electrons. The van der Waals surface area contributed by atoms with Crippen molar-refractivity contribution in [1.82, 2.24) is 19.4 Å². The largest absolute Gasteiger partial charge is 0.329 e. The summed E-state index contributed by atoms with van der Waals surface area (Å²) in [6, 6.07) is 5.36. The number of fused-ring (bicyclic) bond motifs is 1. The molecule has 4 rings (SSSR count). The lowest BCUT2D eigenvalue weighted by Gasteiger charge is -2.28. The number of aromatic nitrogens is 2. The molecule has 1 aromatic heterocycles. The van der Waals surface area contributed by atoms with E-state index in [-0.39, 0.29) is 23.9 Å². The van der Waals surface area contributed by atoms with E-state index in [1.165, 1.54) is 12.6 Å². The Kier molecular flexibility index (Phi) is 4.19. The van der Waals surface area contributed by atoms with Gasteiger partial charge in [0.05, 0.1) is 11.0 Å². The molecule has 3 heterocycles. The standard InChI is InChI=1S/C19H24N4O3/c1-21-16(24)7-6-15(18(21)25)23-14-5-3-4-13(12-8-10-20-11-9-12)17(14)22(2)19(23)26/h3-5,12,15,20H,6-11H2,1-2H3. The van der Waals surface area contributed by atoms with Gasteiger partial charge >= 0.3 is 5.69 Å². The first kappa shape index (κ1) is 17.0. The molecule has 138 valence electrons. The first-order chi connectivity index (χ1) is 12.5. The molecule has 1 atom stereocenters. The summed E-state index contributed by atoms with van der Waals surface area (Å²) in [5, 5.41) is 3.37. The van der Waals surface area contributed by atoms with Gasteiger partial charge in [0.15, 0.2) is 0 Å². The van der Waals surface area contributed by atoms with Crippen LogP contribution in [0.25, 0.3) is 11.0 Å². The molecule has 7 nitrogen and oxygen atoms in total. The van der Waals surface area contributed by atoms with E-state index in [4.69, 9.17) is 0 Å². The van der Waals surface area contributed by atoms with Crippen LogP contribution in [-0.2, 0) is 16.6 Å². The van der Waals surface area contributed by atoms with Crippen molar-refractivity contribution in [3.63, 3.8) is 0 Å². The van der Waals surface area contributed by atoms with Crippen LogP contribution in [0.5, 0.6) is 0 Å². The molecule has 0 aliphatic carbocycles. The topological polar surface area (TPSA) is 76.3 Å². The average molecular weight is 356 g/mol. The lowest BCUT2D eigenvalue weighted by atomic mass is 9.89. The summed E-state index contributed by atoms with van der Waals surface area (Å²) in [5.74, 6) is -0.0780. The number of nitrogens with one attached hydrogen (secondary N) is 1. The number of hydrogen-bond donors (Lipinski definition) is 1. The normalized spacial score (nSPS) is 22.4. The lowest BCUT2D eigenvalue weighted by molar-refractivity contribution is -0.149. The summed E-state index contributed by atoms with van der Waals surface area (Å²) in [6.07, 6.45) is 2.73. The second kappa shape index (κ2) is 6.39. The van der Waals surface area contributed by atoms with Gasteiger partial charge in [0.2, 0.25) is 5.91 Å². The molecule has 0 saturated carbocycles. The molecule has 1 unspecified atom stereocenters. The number of amides is 2. The highest BCUT2D eigenvalue weighted by Crippen LogP contribution is 2.33. The van der Waals surface area contributed by atoms with Crippen molar-refractivity contribution in [2.24, 2.45) is 7.05 Å². The third-order valence-electron chi connectivity index (χ3n) is 5.85. The van der Waals surface area contributed by atoms with Gasteiger partial charge in [-0.3, -0.25) is 23.6 Å². The Labute approximate surface area is 151 Å². The fourth-order valence-corrected chi connectivity index (χ4v) is 4.37. The van der Waals surface area contributed by atoms with Gasteiger partial charge in [-0.05, 0) is 49.9 Å². The van der Waals surface area contributed by atoms with Crippen LogP contribution in [0.4, 0.5) is 0 Å². The highest BCUT2D eigenvalue weighted by molar-refractivity contribution is 6.00. The Morgan fingerprint density at radius 1 is 1.04 bits per heavy atom. The van der Waals surface area contributed by atoms with Crippen LogP contribution in [0.3, 0.4) is 0 Å². The molecule has 2 aliphatic rings. The van der Waals surface area contributed by atoms with E-state index in [1.54, 1.807) is 16.2 Å². The first-order valence-electron chi connectivity index (χ1n) is 9.21. The molecular weight excluding hydrogens is 332 g/mol. The number of benzene rings is 1. The zero-order valence-corrected chi connectivity index (χ0v) is 15.2. The maximum Gasteiger partial charge on any atom is 0.329 e. The van der Waals surface area contributed by atoms with E-state index in [1.807, 2.05) is 12.1 Å². The summed E-state index contributed by atoms with van der Waals surface area (Å²) in [4.78, 5) is 38.6. The van der Waals surface area contributed by atoms with Crippen LogP contribution < -0.4 is 11.0 Å². The number of carbonyl (C=O) groups excluding carboxylic acids is 2. The predicted molar refractivity (Wildman–Crippen MR) is 98.1 cm³/mol. The maximum absolute atomic E-state index is 13.0. The van der Waals surface area contributed by atoms with E-state index < -0.39 is 6.04 Å². The number of hydrogen-bond acceptors (Lipinski definition) is 4. The summed E-state index contributed by atoms with van der Waals surface area (Å²) in [6.45, 7) is 1.95. The molecule has 2 saturated heterocycles. The quantitative estimate of drug-likeness (QED) is 0.819. The number of likely N-dealkylation sites (tertiary alicyclic amines) is 1. The lowest BCUT2D eigenvalue weighted by Crippen LogP contribution is -2.45. The molecule has 1 aromatic carbocycles. The Morgan fingerprint density at radius 3 is 2.50 bits per heavy atom. The fraction of sp³-hybridized carbons (Fsp3) is 0.526. The number of aryl methyl sites for hydroxylation is 1. The number of rotatable bonds is 2. The van der Waals surface area contributed by atoms with E-state index >= 15 is 0 Å². The number of carbonyl (C=O) groups is 2. The number of imidazole rings is 1. The van der Waals surface area contributed by atoms with Gasteiger partial charge in [-0.25, -0.2) is 4.79 Å². The number of imide groups is 1. The van der Waals surface area contributed by atoms with Crippen molar-refractivity contribution < 1.29 is 9.59 Å². The minimum absolute atomic E-state index is 0.185. The van der Waals surface area contributed by atoms with E-state index in [0.29, 0.717) is 12.3 Å². The minimum atomic E-state index is -0.614. The Hall–Kier alpha value is -2.41. The third kappa shape index (κ3) is 2.49. The molecule has 26 heavy (non-hydrogen) atoms. The molecule has 0 bridgehead atoms. The van der Waals surface area contributed by atoms with Crippen LogP contribution in [0.15, 0.2) is 23.0 Å².